The molecule has 1 fully saturated rings. The average Bonchev–Trinajstić information content (AvgIpc) is 2.60. The molecule has 1 saturated heterocycles. The minimum absolute atomic E-state index is 0.212. The summed E-state index contributed by atoms with van der Waals surface area (Å²) in [6, 6.07) is 7.88. The zero-order chi connectivity index (χ0) is 16.7. The smallest absolute Gasteiger partial charge is 0.222 e. The van der Waals surface area contributed by atoms with E-state index in [9.17, 15) is 9.90 Å². The summed E-state index contributed by atoms with van der Waals surface area (Å²) < 4.78 is 5.21. The summed E-state index contributed by atoms with van der Waals surface area (Å²) >= 11 is 0. The van der Waals surface area contributed by atoms with Crippen molar-refractivity contribution in [1.82, 2.24) is 9.80 Å². The quantitative estimate of drug-likeness (QED) is 0.828. The summed E-state index contributed by atoms with van der Waals surface area (Å²) in [4.78, 5) is 16.5. The molecule has 0 spiro atoms. The maximum absolute atomic E-state index is 12.3. The van der Waals surface area contributed by atoms with Gasteiger partial charge in [0, 0.05) is 39.1 Å². The highest BCUT2D eigenvalue weighted by Crippen LogP contribution is 2.15. The number of aliphatic hydroxyl groups is 1. The van der Waals surface area contributed by atoms with Crippen LogP contribution < -0.4 is 4.74 Å². The molecule has 0 bridgehead atoms. The van der Waals surface area contributed by atoms with Gasteiger partial charge in [-0.15, -0.1) is 0 Å². The number of benzene rings is 1. The van der Waals surface area contributed by atoms with E-state index in [1.165, 1.54) is 0 Å². The number of aryl methyl sites for hydroxylation is 1. The first-order valence-corrected chi connectivity index (χ1v) is 8.43. The zero-order valence-corrected chi connectivity index (χ0v) is 14.2. The lowest BCUT2D eigenvalue weighted by atomic mass is 10.1. The van der Waals surface area contributed by atoms with Crippen LogP contribution in [0.1, 0.15) is 25.3 Å². The summed E-state index contributed by atoms with van der Waals surface area (Å²) in [6.07, 6.45) is 1.79. The summed E-state index contributed by atoms with van der Waals surface area (Å²) in [5, 5.41) is 9.71. The maximum Gasteiger partial charge on any atom is 0.222 e. The number of amides is 1. The second-order valence-corrected chi connectivity index (χ2v) is 6.09. The van der Waals surface area contributed by atoms with Crippen LogP contribution in [0.2, 0.25) is 0 Å². The molecule has 1 aliphatic rings. The number of ether oxygens (including phenoxy) is 1. The highest BCUT2D eigenvalue weighted by atomic mass is 16.5. The average molecular weight is 320 g/mol. The Morgan fingerprint density at radius 2 is 2.04 bits per heavy atom. The standard InChI is InChI=1S/C18H28N2O3/c1-3-16(21)14-19-9-11-20(12-10-19)18(22)8-7-15-5-4-6-17(13-15)23-2/h4-6,13,16,21H,3,7-12,14H2,1-2H3/t16-/m1/s1. The molecule has 1 heterocycles. The molecule has 5 heteroatoms. The normalized spacial score (nSPS) is 17.1. The maximum atomic E-state index is 12.3. The van der Waals surface area contributed by atoms with Gasteiger partial charge >= 0.3 is 0 Å². The van der Waals surface area contributed by atoms with Crippen molar-refractivity contribution in [2.75, 3.05) is 39.8 Å². The SMILES string of the molecule is CC[C@@H](O)CN1CCN(C(=O)CCc2cccc(OC)c2)CC1. The molecule has 0 radical (unpaired) electrons. The van der Waals surface area contributed by atoms with E-state index in [2.05, 4.69) is 4.90 Å². The Morgan fingerprint density at radius 1 is 1.30 bits per heavy atom. The van der Waals surface area contributed by atoms with Crippen molar-refractivity contribution in [3.63, 3.8) is 0 Å². The molecule has 1 atom stereocenters. The molecule has 0 aliphatic carbocycles. The zero-order valence-electron chi connectivity index (χ0n) is 14.2. The summed E-state index contributed by atoms with van der Waals surface area (Å²) in [6.45, 7) is 5.91. The molecule has 5 nitrogen and oxygen atoms in total. The lowest BCUT2D eigenvalue weighted by Gasteiger charge is -2.35. The number of hydrogen-bond donors (Lipinski definition) is 1. The Bertz CT molecular complexity index is 499. The van der Waals surface area contributed by atoms with Gasteiger partial charge < -0.3 is 14.7 Å². The van der Waals surface area contributed by atoms with E-state index in [-0.39, 0.29) is 12.0 Å². The molecule has 1 aromatic carbocycles. The van der Waals surface area contributed by atoms with Gasteiger partial charge in [-0.2, -0.15) is 0 Å². The third kappa shape index (κ3) is 5.52. The van der Waals surface area contributed by atoms with Crippen molar-refractivity contribution in [3.05, 3.63) is 29.8 Å². The van der Waals surface area contributed by atoms with Crippen LogP contribution in [-0.2, 0) is 11.2 Å². The van der Waals surface area contributed by atoms with Crippen LogP contribution >= 0.6 is 0 Å². The van der Waals surface area contributed by atoms with Gasteiger partial charge in [-0.3, -0.25) is 9.69 Å². The van der Waals surface area contributed by atoms with E-state index >= 15 is 0 Å². The third-order valence-electron chi connectivity index (χ3n) is 4.43. The van der Waals surface area contributed by atoms with E-state index in [4.69, 9.17) is 4.74 Å². The number of carbonyl (C=O) groups excluding carboxylic acids is 1. The largest absolute Gasteiger partial charge is 0.497 e. The second-order valence-electron chi connectivity index (χ2n) is 6.09. The third-order valence-corrected chi connectivity index (χ3v) is 4.43. The van der Waals surface area contributed by atoms with Crippen LogP contribution in [0.3, 0.4) is 0 Å². The lowest BCUT2D eigenvalue weighted by molar-refractivity contribution is -0.133. The number of hydrogen-bond acceptors (Lipinski definition) is 4. The van der Waals surface area contributed by atoms with Gasteiger partial charge in [-0.1, -0.05) is 19.1 Å². The summed E-state index contributed by atoms with van der Waals surface area (Å²) in [5.74, 6) is 1.04. The fourth-order valence-corrected chi connectivity index (χ4v) is 2.84. The van der Waals surface area contributed by atoms with Crippen LogP contribution in [-0.4, -0.2) is 66.8 Å². The Labute approximate surface area is 138 Å². The summed E-state index contributed by atoms with van der Waals surface area (Å²) in [5.41, 5.74) is 1.13. The number of aliphatic hydroxyl groups excluding tert-OH is 1. The molecule has 2 rings (SSSR count). The molecule has 0 unspecified atom stereocenters. The molecular formula is C18H28N2O3. The van der Waals surface area contributed by atoms with Gasteiger partial charge in [-0.05, 0) is 30.5 Å². The molecule has 23 heavy (non-hydrogen) atoms. The van der Waals surface area contributed by atoms with Crippen molar-refractivity contribution in [2.45, 2.75) is 32.3 Å². The monoisotopic (exact) mass is 320 g/mol. The number of nitrogens with zero attached hydrogens (tertiary/aromatic N) is 2. The first-order valence-electron chi connectivity index (χ1n) is 8.43. The highest BCUT2D eigenvalue weighted by Gasteiger charge is 2.21. The predicted molar refractivity (Wildman–Crippen MR) is 90.6 cm³/mol. The molecule has 0 aromatic heterocycles. The van der Waals surface area contributed by atoms with Crippen LogP contribution in [0.15, 0.2) is 24.3 Å². The minimum Gasteiger partial charge on any atom is -0.497 e. The topological polar surface area (TPSA) is 53.0 Å². The van der Waals surface area contributed by atoms with E-state index in [0.717, 1.165) is 50.3 Å². The first-order chi connectivity index (χ1) is 11.1. The van der Waals surface area contributed by atoms with Crippen molar-refractivity contribution in [1.29, 1.82) is 0 Å². The van der Waals surface area contributed by atoms with E-state index < -0.39 is 0 Å². The van der Waals surface area contributed by atoms with Gasteiger partial charge in [-0.25, -0.2) is 0 Å². The van der Waals surface area contributed by atoms with Gasteiger partial charge in [0.1, 0.15) is 5.75 Å². The molecule has 1 aromatic rings. The second kappa shape index (κ2) is 8.89. The van der Waals surface area contributed by atoms with Crippen LogP contribution in [0.25, 0.3) is 0 Å². The predicted octanol–water partition coefficient (Wildman–Crippen LogP) is 1.54. The first kappa shape index (κ1) is 17.8. The van der Waals surface area contributed by atoms with Crippen molar-refractivity contribution < 1.29 is 14.6 Å². The molecule has 1 N–H and O–H groups in total. The number of rotatable bonds is 7. The van der Waals surface area contributed by atoms with Gasteiger partial charge in [0.15, 0.2) is 0 Å². The van der Waals surface area contributed by atoms with Crippen molar-refractivity contribution in [2.24, 2.45) is 0 Å². The molecule has 128 valence electrons. The number of methoxy groups -OCH3 is 1. The molecular weight excluding hydrogens is 292 g/mol. The number of β-amino-alcohol motifs (C(OH)–C–C–N with tert-alkyl or cyclic N) is 1. The molecule has 0 saturated carbocycles. The number of carbonyl (C=O) groups is 1. The van der Waals surface area contributed by atoms with E-state index in [1.807, 2.05) is 36.1 Å². The molecule has 1 aliphatic heterocycles. The number of piperazine rings is 1. The van der Waals surface area contributed by atoms with Crippen LogP contribution in [0.4, 0.5) is 0 Å². The van der Waals surface area contributed by atoms with E-state index in [1.54, 1.807) is 7.11 Å². The van der Waals surface area contributed by atoms with Gasteiger partial charge in [0.2, 0.25) is 5.91 Å². The Morgan fingerprint density at radius 3 is 2.70 bits per heavy atom. The summed E-state index contributed by atoms with van der Waals surface area (Å²) in [7, 11) is 1.65. The molecule has 1 amide bonds. The van der Waals surface area contributed by atoms with Gasteiger partial charge in [0.05, 0.1) is 13.2 Å². The van der Waals surface area contributed by atoms with Crippen molar-refractivity contribution >= 4 is 5.91 Å². The van der Waals surface area contributed by atoms with E-state index in [0.29, 0.717) is 13.0 Å². The van der Waals surface area contributed by atoms with Gasteiger partial charge in [0.25, 0.3) is 0 Å². The van der Waals surface area contributed by atoms with Crippen LogP contribution in [0.5, 0.6) is 5.75 Å². The van der Waals surface area contributed by atoms with Crippen LogP contribution in [0, 0.1) is 0 Å². The minimum atomic E-state index is -0.259. The lowest BCUT2D eigenvalue weighted by Crippen LogP contribution is -2.50. The Balaban J connectivity index is 1.74. The fourth-order valence-electron chi connectivity index (χ4n) is 2.84. The Hall–Kier alpha value is -1.59. The highest BCUT2D eigenvalue weighted by molar-refractivity contribution is 5.76. The fraction of sp³-hybridized carbons (Fsp3) is 0.611. The van der Waals surface area contributed by atoms with Crippen molar-refractivity contribution in [3.8, 4) is 5.75 Å². The Kier molecular flexibility index (Phi) is 6.86.